The van der Waals surface area contributed by atoms with Gasteiger partial charge in [0.2, 0.25) is 0 Å². The van der Waals surface area contributed by atoms with Crippen LogP contribution in [0, 0.1) is 0 Å². The molecule has 94 valence electrons. The Labute approximate surface area is 113 Å². The van der Waals surface area contributed by atoms with E-state index < -0.39 is 0 Å². The summed E-state index contributed by atoms with van der Waals surface area (Å²) in [6, 6.07) is 7.24. The van der Waals surface area contributed by atoms with Crippen molar-refractivity contribution in [3.63, 3.8) is 0 Å². The minimum Gasteiger partial charge on any atom is -0.310 e. The fraction of sp³-hybridized carbons (Fsp3) is 0.571. The number of aryl methyl sites for hydroxylation is 1. The molecule has 0 bridgehead atoms. The van der Waals surface area contributed by atoms with Gasteiger partial charge in [0.1, 0.15) is 0 Å². The zero-order valence-electron chi connectivity index (χ0n) is 10.7. The molecule has 0 amide bonds. The van der Waals surface area contributed by atoms with E-state index in [0.717, 1.165) is 13.1 Å². The van der Waals surface area contributed by atoms with Crippen LogP contribution in [0.5, 0.6) is 0 Å². The Bertz CT molecular complexity index is 376. The summed E-state index contributed by atoms with van der Waals surface area (Å²) in [5.41, 5.74) is 3.00. The summed E-state index contributed by atoms with van der Waals surface area (Å²) < 4.78 is 1.20. The van der Waals surface area contributed by atoms with Gasteiger partial charge in [-0.3, -0.25) is 0 Å². The smallest absolute Gasteiger partial charge is 0.0326 e. The first-order valence-corrected chi connectivity index (χ1v) is 7.12. The van der Waals surface area contributed by atoms with Crippen molar-refractivity contribution in [1.29, 1.82) is 0 Å². The number of benzene rings is 1. The number of nitrogens with one attached hydrogen (secondary N) is 1. The van der Waals surface area contributed by atoms with E-state index in [0.29, 0.717) is 6.04 Å². The van der Waals surface area contributed by atoms with Gasteiger partial charge in [0.15, 0.2) is 0 Å². The quantitative estimate of drug-likeness (QED) is 0.841. The van der Waals surface area contributed by atoms with E-state index in [1.165, 1.54) is 34.9 Å². The minimum atomic E-state index is 0.570. The van der Waals surface area contributed by atoms with Crippen LogP contribution in [0.15, 0.2) is 22.7 Å². The van der Waals surface area contributed by atoms with Gasteiger partial charge < -0.3 is 10.2 Å². The minimum absolute atomic E-state index is 0.570. The first kappa shape index (κ1) is 13.1. The third-order valence-electron chi connectivity index (χ3n) is 3.36. The van der Waals surface area contributed by atoms with E-state index in [-0.39, 0.29) is 0 Å². The number of fused-ring (bicyclic) bond motifs is 1. The SMILES string of the molecule is CN(C)CCCNC1CCc2cc(Br)ccc21. The van der Waals surface area contributed by atoms with Crippen molar-refractivity contribution < 1.29 is 0 Å². The van der Waals surface area contributed by atoms with Gasteiger partial charge >= 0.3 is 0 Å². The molecule has 1 aliphatic carbocycles. The van der Waals surface area contributed by atoms with Gasteiger partial charge in [-0.1, -0.05) is 22.0 Å². The third kappa shape index (κ3) is 3.54. The highest BCUT2D eigenvalue weighted by atomic mass is 79.9. The lowest BCUT2D eigenvalue weighted by Crippen LogP contribution is -2.24. The van der Waals surface area contributed by atoms with Crippen molar-refractivity contribution in [1.82, 2.24) is 10.2 Å². The zero-order chi connectivity index (χ0) is 12.3. The molecule has 0 heterocycles. The maximum atomic E-state index is 3.67. The van der Waals surface area contributed by atoms with Gasteiger partial charge in [0.25, 0.3) is 0 Å². The molecule has 1 N–H and O–H groups in total. The van der Waals surface area contributed by atoms with Crippen LogP contribution in [-0.2, 0) is 6.42 Å². The zero-order valence-corrected chi connectivity index (χ0v) is 12.3. The molecule has 2 nitrogen and oxygen atoms in total. The molecule has 2 rings (SSSR count). The Balaban J connectivity index is 1.85. The van der Waals surface area contributed by atoms with E-state index in [4.69, 9.17) is 0 Å². The van der Waals surface area contributed by atoms with E-state index in [9.17, 15) is 0 Å². The number of rotatable bonds is 5. The average molecular weight is 297 g/mol. The van der Waals surface area contributed by atoms with Crippen molar-refractivity contribution in [2.75, 3.05) is 27.2 Å². The molecule has 0 aliphatic heterocycles. The van der Waals surface area contributed by atoms with E-state index in [1.807, 2.05) is 0 Å². The summed E-state index contributed by atoms with van der Waals surface area (Å²) in [4.78, 5) is 2.24. The molecule has 1 atom stereocenters. The normalized spacial score (nSPS) is 18.7. The molecule has 0 fully saturated rings. The van der Waals surface area contributed by atoms with Crippen LogP contribution in [0.1, 0.15) is 30.0 Å². The van der Waals surface area contributed by atoms with Crippen LogP contribution < -0.4 is 5.32 Å². The Morgan fingerprint density at radius 3 is 3.00 bits per heavy atom. The molecular formula is C14H21BrN2. The molecular weight excluding hydrogens is 276 g/mol. The third-order valence-corrected chi connectivity index (χ3v) is 3.85. The topological polar surface area (TPSA) is 15.3 Å². The lowest BCUT2D eigenvalue weighted by molar-refractivity contribution is 0.386. The second-order valence-corrected chi connectivity index (χ2v) is 5.96. The van der Waals surface area contributed by atoms with Gasteiger partial charge in [-0.2, -0.15) is 0 Å². The Kier molecular flexibility index (Phi) is 4.60. The molecule has 17 heavy (non-hydrogen) atoms. The van der Waals surface area contributed by atoms with Crippen molar-refractivity contribution in [3.8, 4) is 0 Å². The number of hydrogen-bond acceptors (Lipinski definition) is 2. The lowest BCUT2D eigenvalue weighted by Gasteiger charge is -2.15. The Morgan fingerprint density at radius 1 is 1.41 bits per heavy atom. The second kappa shape index (κ2) is 5.98. The largest absolute Gasteiger partial charge is 0.310 e. The van der Waals surface area contributed by atoms with Crippen LogP contribution in [0.25, 0.3) is 0 Å². The van der Waals surface area contributed by atoms with Crippen molar-refractivity contribution in [2.24, 2.45) is 0 Å². The molecule has 1 aromatic rings. The molecule has 3 heteroatoms. The predicted octanol–water partition coefficient (Wildman–Crippen LogP) is 2.98. The van der Waals surface area contributed by atoms with Crippen LogP contribution in [0.3, 0.4) is 0 Å². The van der Waals surface area contributed by atoms with Crippen molar-refractivity contribution in [2.45, 2.75) is 25.3 Å². The molecule has 1 unspecified atom stereocenters. The van der Waals surface area contributed by atoms with E-state index in [2.05, 4.69) is 58.4 Å². The van der Waals surface area contributed by atoms with Gasteiger partial charge in [0, 0.05) is 10.5 Å². The highest BCUT2D eigenvalue weighted by Crippen LogP contribution is 2.32. The van der Waals surface area contributed by atoms with Gasteiger partial charge in [0.05, 0.1) is 0 Å². The van der Waals surface area contributed by atoms with Gasteiger partial charge in [-0.05, 0) is 69.7 Å². The van der Waals surface area contributed by atoms with E-state index in [1.54, 1.807) is 0 Å². The highest BCUT2D eigenvalue weighted by Gasteiger charge is 2.21. The second-order valence-electron chi connectivity index (χ2n) is 5.05. The molecule has 1 aliphatic rings. The lowest BCUT2D eigenvalue weighted by atomic mass is 10.1. The molecule has 0 saturated carbocycles. The van der Waals surface area contributed by atoms with Gasteiger partial charge in [-0.25, -0.2) is 0 Å². The van der Waals surface area contributed by atoms with Gasteiger partial charge in [-0.15, -0.1) is 0 Å². The maximum absolute atomic E-state index is 3.67. The first-order valence-electron chi connectivity index (χ1n) is 6.33. The Hall–Kier alpha value is -0.380. The average Bonchev–Trinajstić information content (AvgIpc) is 2.66. The fourth-order valence-electron chi connectivity index (χ4n) is 2.47. The predicted molar refractivity (Wildman–Crippen MR) is 76.4 cm³/mol. The summed E-state index contributed by atoms with van der Waals surface area (Å²) in [7, 11) is 4.25. The molecule has 0 saturated heterocycles. The maximum Gasteiger partial charge on any atom is 0.0326 e. The standard InChI is InChI=1S/C14H21BrN2/c1-17(2)9-3-8-16-14-7-4-11-10-12(15)5-6-13(11)14/h5-6,10,14,16H,3-4,7-9H2,1-2H3. The van der Waals surface area contributed by atoms with E-state index >= 15 is 0 Å². The molecule has 0 aromatic heterocycles. The summed E-state index contributed by atoms with van der Waals surface area (Å²) >= 11 is 3.54. The number of nitrogens with zero attached hydrogens (tertiary/aromatic N) is 1. The molecule has 0 radical (unpaired) electrons. The Morgan fingerprint density at radius 2 is 2.24 bits per heavy atom. The van der Waals surface area contributed by atoms with Crippen molar-refractivity contribution >= 4 is 15.9 Å². The highest BCUT2D eigenvalue weighted by molar-refractivity contribution is 9.10. The number of halogens is 1. The van der Waals surface area contributed by atoms with Crippen LogP contribution >= 0.6 is 15.9 Å². The molecule has 1 aromatic carbocycles. The van der Waals surface area contributed by atoms with Crippen LogP contribution in [-0.4, -0.2) is 32.1 Å². The summed E-state index contributed by atoms with van der Waals surface area (Å²) in [6.07, 6.45) is 3.67. The van der Waals surface area contributed by atoms with Crippen LogP contribution in [0.2, 0.25) is 0 Å². The van der Waals surface area contributed by atoms with Crippen LogP contribution in [0.4, 0.5) is 0 Å². The number of hydrogen-bond donors (Lipinski definition) is 1. The summed E-state index contributed by atoms with van der Waals surface area (Å²) in [5.74, 6) is 0. The summed E-state index contributed by atoms with van der Waals surface area (Å²) in [5, 5.41) is 3.67. The first-order chi connectivity index (χ1) is 8.16. The molecule has 0 spiro atoms. The summed E-state index contributed by atoms with van der Waals surface area (Å²) in [6.45, 7) is 2.27. The van der Waals surface area contributed by atoms with Crippen molar-refractivity contribution in [3.05, 3.63) is 33.8 Å². The fourth-order valence-corrected chi connectivity index (χ4v) is 2.88. The monoisotopic (exact) mass is 296 g/mol.